The first-order valence-corrected chi connectivity index (χ1v) is 5.45. The standard InChI is InChI=1S/C11H12FN3OS/c1-11(2,9(13)16)15-8-5-6(12)3-4-7(8)14-10(15)17/h3-5H,1-2H3,(H2,13,16)(H,14,17). The number of primary amides is 1. The first-order chi connectivity index (χ1) is 7.84. The Bertz CT molecular complexity index is 656. The third kappa shape index (κ3) is 1.74. The topological polar surface area (TPSA) is 63.8 Å². The number of imidazole rings is 1. The van der Waals surface area contributed by atoms with Gasteiger partial charge in [-0.1, -0.05) is 0 Å². The van der Waals surface area contributed by atoms with Crippen LogP contribution in [0.15, 0.2) is 18.2 Å². The van der Waals surface area contributed by atoms with E-state index >= 15 is 0 Å². The highest BCUT2D eigenvalue weighted by Gasteiger charge is 2.29. The SMILES string of the molecule is CC(C)(C(N)=O)n1c(=S)[nH]c2ccc(F)cc21. The molecule has 1 aromatic carbocycles. The van der Waals surface area contributed by atoms with E-state index in [1.807, 2.05) is 0 Å². The van der Waals surface area contributed by atoms with Gasteiger partial charge in [-0.05, 0) is 44.3 Å². The summed E-state index contributed by atoms with van der Waals surface area (Å²) in [5, 5.41) is 0. The van der Waals surface area contributed by atoms with Crippen molar-refractivity contribution >= 4 is 29.2 Å². The normalized spacial score (nSPS) is 11.9. The van der Waals surface area contributed by atoms with E-state index in [2.05, 4.69) is 4.98 Å². The molecule has 0 bridgehead atoms. The molecule has 2 rings (SSSR count). The van der Waals surface area contributed by atoms with Crippen molar-refractivity contribution < 1.29 is 9.18 Å². The first kappa shape index (κ1) is 11.8. The number of aromatic amines is 1. The summed E-state index contributed by atoms with van der Waals surface area (Å²) >= 11 is 5.14. The molecule has 0 aliphatic carbocycles. The maximum absolute atomic E-state index is 13.2. The van der Waals surface area contributed by atoms with Crippen LogP contribution in [-0.2, 0) is 10.3 Å². The Morgan fingerprint density at radius 3 is 2.76 bits per heavy atom. The van der Waals surface area contributed by atoms with Crippen molar-refractivity contribution in [2.45, 2.75) is 19.4 Å². The van der Waals surface area contributed by atoms with E-state index in [1.165, 1.54) is 16.7 Å². The second-order valence-electron chi connectivity index (χ2n) is 4.35. The summed E-state index contributed by atoms with van der Waals surface area (Å²) in [6, 6.07) is 4.23. The molecule has 1 aromatic heterocycles. The van der Waals surface area contributed by atoms with Crippen LogP contribution in [0.1, 0.15) is 13.8 Å². The number of nitrogens with one attached hydrogen (secondary N) is 1. The van der Waals surface area contributed by atoms with E-state index in [0.29, 0.717) is 15.8 Å². The predicted octanol–water partition coefficient (Wildman–Crippen LogP) is 2.06. The van der Waals surface area contributed by atoms with Gasteiger partial charge in [-0.2, -0.15) is 0 Å². The number of hydrogen-bond donors (Lipinski definition) is 2. The lowest BCUT2D eigenvalue weighted by Gasteiger charge is -2.23. The highest BCUT2D eigenvalue weighted by atomic mass is 32.1. The van der Waals surface area contributed by atoms with E-state index in [0.717, 1.165) is 0 Å². The van der Waals surface area contributed by atoms with Crippen LogP contribution < -0.4 is 5.73 Å². The van der Waals surface area contributed by atoms with Crippen molar-refractivity contribution in [2.75, 3.05) is 0 Å². The fourth-order valence-electron chi connectivity index (χ4n) is 1.74. The first-order valence-electron chi connectivity index (χ1n) is 5.04. The Labute approximate surface area is 102 Å². The minimum atomic E-state index is -1.01. The lowest BCUT2D eigenvalue weighted by atomic mass is 10.0. The lowest BCUT2D eigenvalue weighted by molar-refractivity contribution is -0.124. The monoisotopic (exact) mass is 253 g/mol. The van der Waals surface area contributed by atoms with E-state index in [1.54, 1.807) is 19.9 Å². The maximum Gasteiger partial charge on any atom is 0.243 e. The largest absolute Gasteiger partial charge is 0.368 e. The van der Waals surface area contributed by atoms with Crippen molar-refractivity contribution in [1.82, 2.24) is 9.55 Å². The quantitative estimate of drug-likeness (QED) is 0.805. The molecule has 0 saturated carbocycles. The van der Waals surface area contributed by atoms with Gasteiger partial charge in [0, 0.05) is 0 Å². The summed E-state index contributed by atoms with van der Waals surface area (Å²) in [5.74, 6) is -0.917. The number of nitrogens with two attached hydrogens (primary N) is 1. The number of aromatic nitrogens is 2. The molecular weight excluding hydrogens is 241 g/mol. The third-order valence-electron chi connectivity index (χ3n) is 2.81. The molecule has 0 saturated heterocycles. The molecule has 0 unspecified atom stereocenters. The molecule has 17 heavy (non-hydrogen) atoms. The van der Waals surface area contributed by atoms with Crippen molar-refractivity contribution in [1.29, 1.82) is 0 Å². The molecule has 1 amide bonds. The highest BCUT2D eigenvalue weighted by molar-refractivity contribution is 7.71. The second kappa shape index (κ2) is 3.66. The van der Waals surface area contributed by atoms with Crippen molar-refractivity contribution in [3.05, 3.63) is 28.8 Å². The van der Waals surface area contributed by atoms with E-state index < -0.39 is 11.4 Å². The Balaban J connectivity index is 2.86. The predicted molar refractivity (Wildman–Crippen MR) is 65.6 cm³/mol. The van der Waals surface area contributed by atoms with Crippen LogP contribution in [0.5, 0.6) is 0 Å². The molecule has 90 valence electrons. The summed E-state index contributed by atoms with van der Waals surface area (Å²) < 4.78 is 15.1. The fourth-order valence-corrected chi connectivity index (χ4v) is 2.18. The molecule has 0 radical (unpaired) electrons. The molecule has 2 aromatic rings. The fraction of sp³-hybridized carbons (Fsp3) is 0.273. The van der Waals surface area contributed by atoms with Gasteiger partial charge in [0.25, 0.3) is 0 Å². The minimum Gasteiger partial charge on any atom is -0.368 e. The van der Waals surface area contributed by atoms with E-state index in [-0.39, 0.29) is 5.82 Å². The number of halogens is 1. The van der Waals surface area contributed by atoms with Crippen LogP contribution in [0.25, 0.3) is 11.0 Å². The maximum atomic E-state index is 13.2. The van der Waals surface area contributed by atoms with Gasteiger partial charge in [0.2, 0.25) is 5.91 Å². The third-order valence-corrected chi connectivity index (χ3v) is 3.09. The van der Waals surface area contributed by atoms with Gasteiger partial charge in [-0.15, -0.1) is 0 Å². The lowest BCUT2D eigenvalue weighted by Crippen LogP contribution is -2.41. The van der Waals surface area contributed by atoms with Gasteiger partial charge in [-0.3, -0.25) is 4.79 Å². The van der Waals surface area contributed by atoms with Gasteiger partial charge in [0.05, 0.1) is 11.0 Å². The van der Waals surface area contributed by atoms with Crippen LogP contribution in [0.3, 0.4) is 0 Å². The summed E-state index contributed by atoms with van der Waals surface area (Å²) in [7, 11) is 0. The Morgan fingerprint density at radius 1 is 1.53 bits per heavy atom. The van der Waals surface area contributed by atoms with Crippen molar-refractivity contribution in [3.63, 3.8) is 0 Å². The Morgan fingerprint density at radius 2 is 2.18 bits per heavy atom. The molecule has 4 nitrogen and oxygen atoms in total. The van der Waals surface area contributed by atoms with Crippen LogP contribution in [0.4, 0.5) is 4.39 Å². The Hall–Kier alpha value is -1.69. The smallest absolute Gasteiger partial charge is 0.243 e. The summed E-state index contributed by atoms with van der Waals surface area (Å²) in [6.07, 6.45) is 0. The number of benzene rings is 1. The van der Waals surface area contributed by atoms with Crippen LogP contribution in [-0.4, -0.2) is 15.5 Å². The minimum absolute atomic E-state index is 0.342. The molecule has 0 aliphatic heterocycles. The van der Waals surface area contributed by atoms with Gasteiger partial charge in [0.1, 0.15) is 11.4 Å². The molecule has 0 atom stereocenters. The van der Waals surface area contributed by atoms with Crippen LogP contribution in [0.2, 0.25) is 0 Å². The van der Waals surface area contributed by atoms with Crippen molar-refractivity contribution in [3.8, 4) is 0 Å². The molecule has 0 aliphatic rings. The number of H-pyrrole nitrogens is 1. The molecular formula is C11H12FN3OS. The number of carbonyl (C=O) groups excluding carboxylic acids is 1. The molecule has 6 heteroatoms. The summed E-state index contributed by atoms with van der Waals surface area (Å²) in [5.41, 5.74) is 5.53. The number of hydrogen-bond acceptors (Lipinski definition) is 2. The number of carbonyl (C=O) groups is 1. The van der Waals surface area contributed by atoms with Gasteiger partial charge in [-0.25, -0.2) is 4.39 Å². The highest BCUT2D eigenvalue weighted by Crippen LogP contribution is 2.24. The zero-order valence-electron chi connectivity index (χ0n) is 9.45. The zero-order valence-corrected chi connectivity index (χ0v) is 10.3. The summed E-state index contributed by atoms with van der Waals surface area (Å²) in [6.45, 7) is 3.28. The summed E-state index contributed by atoms with van der Waals surface area (Å²) in [4.78, 5) is 14.4. The number of rotatable bonds is 2. The average Bonchev–Trinajstić information content (AvgIpc) is 2.53. The van der Waals surface area contributed by atoms with Gasteiger partial charge < -0.3 is 15.3 Å². The van der Waals surface area contributed by atoms with Crippen LogP contribution in [0, 0.1) is 10.6 Å². The number of amides is 1. The molecule has 3 N–H and O–H groups in total. The van der Waals surface area contributed by atoms with E-state index in [4.69, 9.17) is 18.0 Å². The average molecular weight is 253 g/mol. The molecule has 0 fully saturated rings. The second-order valence-corrected chi connectivity index (χ2v) is 4.74. The molecule has 0 spiro atoms. The zero-order chi connectivity index (χ0) is 12.8. The van der Waals surface area contributed by atoms with E-state index in [9.17, 15) is 9.18 Å². The van der Waals surface area contributed by atoms with Gasteiger partial charge in [0.15, 0.2) is 4.77 Å². The molecule has 1 heterocycles. The van der Waals surface area contributed by atoms with Gasteiger partial charge >= 0.3 is 0 Å². The van der Waals surface area contributed by atoms with Crippen LogP contribution >= 0.6 is 12.2 Å². The number of nitrogens with zero attached hydrogens (tertiary/aromatic N) is 1. The Kier molecular flexibility index (Phi) is 2.54. The number of fused-ring (bicyclic) bond motifs is 1. The van der Waals surface area contributed by atoms with Crippen molar-refractivity contribution in [2.24, 2.45) is 5.73 Å².